The molecule has 2 unspecified atom stereocenters. The first kappa shape index (κ1) is 21.4. The molecule has 0 aliphatic carbocycles. The van der Waals surface area contributed by atoms with Crippen molar-refractivity contribution in [1.29, 1.82) is 0 Å². The molecule has 4 nitrogen and oxygen atoms in total. The lowest BCUT2D eigenvalue weighted by Gasteiger charge is -2.31. The Bertz CT molecular complexity index is 871. The summed E-state index contributed by atoms with van der Waals surface area (Å²) < 4.78 is 18.9. The molecule has 29 heavy (non-hydrogen) atoms. The lowest BCUT2D eigenvalue weighted by Crippen LogP contribution is -2.37. The third-order valence-corrected chi connectivity index (χ3v) is 5.22. The van der Waals surface area contributed by atoms with E-state index in [0.29, 0.717) is 23.9 Å². The Morgan fingerprint density at radius 1 is 1.17 bits per heavy atom. The van der Waals surface area contributed by atoms with Gasteiger partial charge in [0.15, 0.2) is 5.78 Å². The fourth-order valence-corrected chi connectivity index (χ4v) is 3.46. The number of rotatable bonds is 9. The van der Waals surface area contributed by atoms with Crippen LogP contribution >= 0.6 is 23.2 Å². The molecular weight excluding hydrogens is 414 g/mol. The fourth-order valence-electron chi connectivity index (χ4n) is 2.99. The van der Waals surface area contributed by atoms with Gasteiger partial charge in [0.2, 0.25) is 0 Å². The minimum absolute atomic E-state index is 0.0974. The van der Waals surface area contributed by atoms with Crippen molar-refractivity contribution in [2.24, 2.45) is 0 Å². The van der Waals surface area contributed by atoms with E-state index in [0.717, 1.165) is 5.56 Å². The van der Waals surface area contributed by atoms with Gasteiger partial charge in [-0.1, -0.05) is 41.4 Å². The van der Waals surface area contributed by atoms with Crippen molar-refractivity contribution in [2.75, 3.05) is 19.8 Å². The lowest BCUT2D eigenvalue weighted by atomic mass is 10.1. The maximum absolute atomic E-state index is 13.0. The van der Waals surface area contributed by atoms with Crippen LogP contribution in [0.15, 0.2) is 73.6 Å². The molecule has 0 amide bonds. The Morgan fingerprint density at radius 2 is 1.86 bits per heavy atom. The summed E-state index contributed by atoms with van der Waals surface area (Å²) in [6.45, 7) is 4.64. The van der Waals surface area contributed by atoms with Crippen molar-refractivity contribution in [1.82, 2.24) is 9.80 Å². The van der Waals surface area contributed by atoms with E-state index in [1.807, 2.05) is 34.3 Å². The van der Waals surface area contributed by atoms with E-state index >= 15 is 0 Å². The summed E-state index contributed by atoms with van der Waals surface area (Å²) in [6, 6.07) is 12.9. The number of alkyl halides is 1. The number of hydrogen-bond acceptors (Lipinski definition) is 4. The van der Waals surface area contributed by atoms with Gasteiger partial charge in [0, 0.05) is 23.0 Å². The highest BCUT2D eigenvalue weighted by molar-refractivity contribution is 6.30. The Kier molecular flexibility index (Phi) is 7.31. The first-order valence-corrected chi connectivity index (χ1v) is 9.88. The number of hydrogen-bond donors (Lipinski definition) is 0. The second-order valence-electron chi connectivity index (χ2n) is 6.60. The summed E-state index contributed by atoms with van der Waals surface area (Å²) in [5.41, 5.74) is 0.859. The number of carbonyl (C=O) groups excluding carboxylic acids is 1. The molecule has 7 heteroatoms. The summed E-state index contributed by atoms with van der Waals surface area (Å²) in [4.78, 5) is 16.2. The normalized spacial score (nSPS) is 15.4. The first-order chi connectivity index (χ1) is 14.0. The van der Waals surface area contributed by atoms with Crippen molar-refractivity contribution in [2.45, 2.75) is 11.6 Å². The quantitative estimate of drug-likeness (QED) is 0.234. The maximum Gasteiger partial charge on any atom is 0.182 e. The third kappa shape index (κ3) is 5.60. The van der Waals surface area contributed by atoms with Crippen LogP contribution in [0, 0.1) is 5.82 Å². The molecule has 0 aromatic heterocycles. The number of benzene rings is 2. The van der Waals surface area contributed by atoms with Crippen LogP contribution in [-0.2, 0) is 4.74 Å². The molecular formula is C22H21Cl2FN2O2. The molecule has 1 aliphatic rings. The number of Topliss-reactive ketones (excluding diaryl/α,β-unsaturated/α-hetero) is 1. The predicted molar refractivity (Wildman–Crippen MR) is 113 cm³/mol. The van der Waals surface area contributed by atoms with Gasteiger partial charge in [0.1, 0.15) is 17.4 Å². The molecule has 0 fully saturated rings. The van der Waals surface area contributed by atoms with E-state index < -0.39 is 11.6 Å². The molecule has 0 spiro atoms. The number of ether oxygens (including phenoxy) is 1. The summed E-state index contributed by atoms with van der Waals surface area (Å²) in [7, 11) is 0. The minimum atomic E-state index is -0.502. The number of nitrogens with zero attached hydrogens (tertiary/aromatic N) is 2. The van der Waals surface area contributed by atoms with E-state index in [2.05, 4.69) is 6.58 Å². The molecule has 0 bridgehead atoms. The van der Waals surface area contributed by atoms with Crippen LogP contribution in [0.4, 0.5) is 4.39 Å². The summed E-state index contributed by atoms with van der Waals surface area (Å²) in [5, 5.41) is 0.633. The van der Waals surface area contributed by atoms with Gasteiger partial charge in [-0.05, 0) is 42.0 Å². The molecule has 0 radical (unpaired) electrons. The van der Waals surface area contributed by atoms with Gasteiger partial charge in [0.25, 0.3) is 0 Å². The van der Waals surface area contributed by atoms with Gasteiger partial charge in [0.05, 0.1) is 19.8 Å². The molecule has 2 atom stereocenters. The van der Waals surface area contributed by atoms with Crippen LogP contribution in [0.5, 0.6) is 0 Å². The van der Waals surface area contributed by atoms with Crippen LogP contribution in [0.3, 0.4) is 0 Å². The predicted octanol–water partition coefficient (Wildman–Crippen LogP) is 5.22. The van der Waals surface area contributed by atoms with Gasteiger partial charge >= 0.3 is 0 Å². The van der Waals surface area contributed by atoms with E-state index in [-0.39, 0.29) is 18.1 Å². The van der Waals surface area contributed by atoms with Gasteiger partial charge in [-0.15, -0.1) is 6.58 Å². The van der Waals surface area contributed by atoms with Crippen molar-refractivity contribution in [3.63, 3.8) is 0 Å². The van der Waals surface area contributed by atoms with Crippen molar-refractivity contribution in [3.05, 3.63) is 95.6 Å². The highest BCUT2D eigenvalue weighted by Crippen LogP contribution is 2.30. The molecule has 152 valence electrons. The maximum atomic E-state index is 13.0. The standard InChI is InChI=1S/C22H21Cl2FN2O2/c1-2-13-29-21(17-3-7-18(23)8-4-17)22(24)27-12-11-26(15-27)14-20(28)16-5-9-19(25)10-6-16/h2-12,21-22H,1,13-15H2. The minimum Gasteiger partial charge on any atom is -0.366 e. The smallest absolute Gasteiger partial charge is 0.182 e. The second-order valence-corrected chi connectivity index (χ2v) is 7.48. The fraction of sp³-hybridized carbons (Fsp3) is 0.227. The number of ketones is 1. The molecule has 1 aliphatic heterocycles. The SMILES string of the molecule is C=CCOC(c1ccc(Cl)cc1)C(Cl)N1C=CN(CC(=O)c2ccc(F)cc2)C1. The molecule has 2 aromatic carbocycles. The molecule has 2 aromatic rings. The summed E-state index contributed by atoms with van der Waals surface area (Å²) >= 11 is 12.7. The van der Waals surface area contributed by atoms with Gasteiger partial charge in [-0.3, -0.25) is 4.79 Å². The van der Waals surface area contributed by atoms with Crippen molar-refractivity contribution >= 4 is 29.0 Å². The van der Waals surface area contributed by atoms with Gasteiger partial charge < -0.3 is 14.5 Å². The van der Waals surface area contributed by atoms with E-state index in [9.17, 15) is 9.18 Å². The molecule has 0 N–H and O–H groups in total. The Hall–Kier alpha value is -2.34. The van der Waals surface area contributed by atoms with Gasteiger partial charge in [-0.25, -0.2) is 4.39 Å². The molecule has 1 heterocycles. The Balaban J connectivity index is 1.64. The number of carbonyl (C=O) groups is 1. The zero-order chi connectivity index (χ0) is 20.8. The highest BCUT2D eigenvalue weighted by Gasteiger charge is 2.29. The van der Waals surface area contributed by atoms with Crippen LogP contribution in [0.1, 0.15) is 22.0 Å². The zero-order valence-electron chi connectivity index (χ0n) is 15.7. The average Bonchev–Trinajstić information content (AvgIpc) is 3.18. The van der Waals surface area contributed by atoms with Gasteiger partial charge in [-0.2, -0.15) is 0 Å². The molecule has 3 rings (SSSR count). The molecule has 0 saturated heterocycles. The van der Waals surface area contributed by atoms with Crippen LogP contribution in [0.25, 0.3) is 0 Å². The van der Waals surface area contributed by atoms with E-state index in [4.69, 9.17) is 27.9 Å². The number of halogens is 3. The highest BCUT2D eigenvalue weighted by atomic mass is 35.5. The third-order valence-electron chi connectivity index (χ3n) is 4.49. The Labute approximate surface area is 179 Å². The monoisotopic (exact) mass is 434 g/mol. The van der Waals surface area contributed by atoms with E-state index in [1.54, 1.807) is 18.2 Å². The first-order valence-electron chi connectivity index (χ1n) is 9.07. The Morgan fingerprint density at radius 3 is 2.52 bits per heavy atom. The second kappa shape index (κ2) is 9.92. The lowest BCUT2D eigenvalue weighted by molar-refractivity contribution is 0.0341. The van der Waals surface area contributed by atoms with Crippen molar-refractivity contribution in [3.8, 4) is 0 Å². The van der Waals surface area contributed by atoms with Crippen LogP contribution in [-0.4, -0.2) is 40.9 Å². The van der Waals surface area contributed by atoms with Crippen molar-refractivity contribution < 1.29 is 13.9 Å². The topological polar surface area (TPSA) is 32.8 Å². The summed E-state index contributed by atoms with van der Waals surface area (Å²) in [6.07, 6.45) is 4.89. The zero-order valence-corrected chi connectivity index (χ0v) is 17.2. The molecule has 0 saturated carbocycles. The van der Waals surface area contributed by atoms with Crippen LogP contribution in [0.2, 0.25) is 5.02 Å². The average molecular weight is 435 g/mol. The summed E-state index contributed by atoms with van der Waals surface area (Å²) in [5.74, 6) is -0.466. The van der Waals surface area contributed by atoms with Crippen LogP contribution < -0.4 is 0 Å². The largest absolute Gasteiger partial charge is 0.366 e. The van der Waals surface area contributed by atoms with E-state index in [1.165, 1.54) is 24.3 Å².